The van der Waals surface area contributed by atoms with Crippen molar-refractivity contribution in [3.05, 3.63) is 17.0 Å². The smallest absolute Gasteiger partial charge is 0.222 e. The number of likely N-dealkylation sites (tertiary alicyclic amines) is 2. The molecule has 1 aromatic rings. The SMILES string of the molecule is Cc1n[nH]c(C)c1CCC(=O)N1C[C@H](CO)C[C@@H](CN2CCCC2)C1. The van der Waals surface area contributed by atoms with Gasteiger partial charge in [-0.25, -0.2) is 0 Å². The number of carbonyl (C=O) groups excluding carboxylic acids is 1. The summed E-state index contributed by atoms with van der Waals surface area (Å²) in [6.07, 6.45) is 4.89. The molecule has 2 aliphatic heterocycles. The molecule has 0 unspecified atom stereocenters. The van der Waals surface area contributed by atoms with Gasteiger partial charge in [0.05, 0.1) is 5.69 Å². The van der Waals surface area contributed by atoms with Crippen molar-refractivity contribution >= 4 is 5.91 Å². The Balaban J connectivity index is 1.56. The normalized spacial score (nSPS) is 24.8. The predicted octanol–water partition coefficient (Wildman–Crippen LogP) is 1.51. The molecule has 2 saturated heterocycles. The number of carbonyl (C=O) groups is 1. The second-order valence-corrected chi connectivity index (χ2v) is 7.87. The lowest BCUT2D eigenvalue weighted by Gasteiger charge is -2.38. The van der Waals surface area contributed by atoms with Crippen molar-refractivity contribution in [3.8, 4) is 0 Å². The monoisotopic (exact) mass is 348 g/mol. The summed E-state index contributed by atoms with van der Waals surface area (Å²) in [5.41, 5.74) is 3.21. The van der Waals surface area contributed by atoms with Crippen molar-refractivity contribution < 1.29 is 9.90 Å². The van der Waals surface area contributed by atoms with Crippen molar-refractivity contribution in [2.24, 2.45) is 11.8 Å². The third-order valence-electron chi connectivity index (χ3n) is 5.82. The Bertz CT molecular complexity index is 560. The highest BCUT2D eigenvalue weighted by Crippen LogP contribution is 2.25. The number of aliphatic hydroxyl groups excluding tert-OH is 1. The molecule has 0 spiro atoms. The van der Waals surface area contributed by atoms with Gasteiger partial charge in [-0.1, -0.05) is 0 Å². The number of hydrogen-bond acceptors (Lipinski definition) is 4. The Morgan fingerprint density at radius 1 is 1.24 bits per heavy atom. The molecule has 3 rings (SSSR count). The predicted molar refractivity (Wildman–Crippen MR) is 97.3 cm³/mol. The fourth-order valence-corrected chi connectivity index (χ4v) is 4.45. The summed E-state index contributed by atoms with van der Waals surface area (Å²) in [6, 6.07) is 0. The van der Waals surface area contributed by atoms with E-state index in [0.717, 1.165) is 42.9 Å². The number of aliphatic hydroxyl groups is 1. The molecule has 2 aliphatic rings. The molecular weight excluding hydrogens is 316 g/mol. The molecule has 6 nitrogen and oxygen atoms in total. The van der Waals surface area contributed by atoms with Crippen LogP contribution in [0.4, 0.5) is 0 Å². The van der Waals surface area contributed by atoms with E-state index in [1.807, 2.05) is 18.7 Å². The maximum Gasteiger partial charge on any atom is 0.222 e. The molecule has 0 saturated carbocycles. The topological polar surface area (TPSA) is 72.5 Å². The number of aromatic nitrogens is 2. The summed E-state index contributed by atoms with van der Waals surface area (Å²) in [5.74, 6) is 0.928. The molecule has 6 heteroatoms. The molecule has 3 heterocycles. The number of amides is 1. The van der Waals surface area contributed by atoms with E-state index in [4.69, 9.17) is 0 Å². The van der Waals surface area contributed by atoms with E-state index in [-0.39, 0.29) is 18.4 Å². The molecule has 2 atom stereocenters. The maximum atomic E-state index is 12.8. The minimum absolute atomic E-state index is 0.181. The van der Waals surface area contributed by atoms with Crippen LogP contribution in [0.5, 0.6) is 0 Å². The number of aryl methyl sites for hydroxylation is 2. The van der Waals surface area contributed by atoms with Crippen LogP contribution in [0.15, 0.2) is 0 Å². The fourth-order valence-electron chi connectivity index (χ4n) is 4.45. The first kappa shape index (κ1) is 18.4. The average molecular weight is 348 g/mol. The van der Waals surface area contributed by atoms with Crippen molar-refractivity contribution in [1.29, 1.82) is 0 Å². The van der Waals surface area contributed by atoms with Crippen molar-refractivity contribution in [1.82, 2.24) is 20.0 Å². The van der Waals surface area contributed by atoms with Crippen LogP contribution in [-0.2, 0) is 11.2 Å². The third-order valence-corrected chi connectivity index (χ3v) is 5.82. The summed E-state index contributed by atoms with van der Waals surface area (Å²) >= 11 is 0. The van der Waals surface area contributed by atoms with Gasteiger partial charge in [-0.2, -0.15) is 5.10 Å². The second-order valence-electron chi connectivity index (χ2n) is 7.87. The van der Waals surface area contributed by atoms with Crippen LogP contribution < -0.4 is 0 Å². The standard InChI is InChI=1S/C19H32N4O2/c1-14-18(15(2)21-20-14)5-6-19(25)23-11-16(9-17(12-23)13-24)10-22-7-3-4-8-22/h16-17,24H,3-13H2,1-2H3,(H,20,21)/t16-,17+/m0/s1. The van der Waals surface area contributed by atoms with Gasteiger partial charge in [0, 0.05) is 38.4 Å². The van der Waals surface area contributed by atoms with Crippen LogP contribution in [0.25, 0.3) is 0 Å². The number of nitrogens with one attached hydrogen (secondary N) is 1. The van der Waals surface area contributed by atoms with E-state index in [1.165, 1.54) is 25.9 Å². The Kier molecular flexibility index (Phi) is 6.12. The Morgan fingerprint density at radius 3 is 2.60 bits per heavy atom. The summed E-state index contributed by atoms with van der Waals surface area (Å²) in [7, 11) is 0. The zero-order valence-corrected chi connectivity index (χ0v) is 15.6. The van der Waals surface area contributed by atoms with E-state index in [0.29, 0.717) is 18.9 Å². The molecule has 2 N–H and O–H groups in total. The Hall–Kier alpha value is -1.40. The molecule has 1 aromatic heterocycles. The van der Waals surface area contributed by atoms with E-state index >= 15 is 0 Å². The second kappa shape index (κ2) is 8.32. The Labute approximate surface area is 150 Å². The number of hydrogen-bond donors (Lipinski definition) is 2. The van der Waals surface area contributed by atoms with Gasteiger partial charge < -0.3 is 14.9 Å². The highest BCUT2D eigenvalue weighted by Gasteiger charge is 2.31. The first-order valence-electron chi connectivity index (χ1n) is 9.68. The van der Waals surface area contributed by atoms with Crippen LogP contribution in [0, 0.1) is 25.7 Å². The first-order valence-corrected chi connectivity index (χ1v) is 9.68. The molecule has 0 bridgehead atoms. The van der Waals surface area contributed by atoms with Gasteiger partial charge in [-0.3, -0.25) is 9.89 Å². The van der Waals surface area contributed by atoms with E-state index in [1.54, 1.807) is 0 Å². The highest BCUT2D eigenvalue weighted by atomic mass is 16.3. The minimum atomic E-state index is 0.181. The zero-order valence-electron chi connectivity index (χ0n) is 15.6. The Morgan fingerprint density at radius 2 is 1.96 bits per heavy atom. The van der Waals surface area contributed by atoms with E-state index in [9.17, 15) is 9.90 Å². The van der Waals surface area contributed by atoms with Crippen molar-refractivity contribution in [3.63, 3.8) is 0 Å². The van der Waals surface area contributed by atoms with Gasteiger partial charge in [0.2, 0.25) is 5.91 Å². The van der Waals surface area contributed by atoms with Crippen molar-refractivity contribution in [2.75, 3.05) is 39.3 Å². The van der Waals surface area contributed by atoms with E-state index < -0.39 is 0 Å². The fraction of sp³-hybridized carbons (Fsp3) is 0.789. The maximum absolute atomic E-state index is 12.8. The van der Waals surface area contributed by atoms with Crippen molar-refractivity contribution in [2.45, 2.75) is 46.0 Å². The van der Waals surface area contributed by atoms with Gasteiger partial charge in [0.15, 0.2) is 0 Å². The summed E-state index contributed by atoms with van der Waals surface area (Å²) in [5, 5.41) is 16.9. The van der Waals surface area contributed by atoms with Gasteiger partial charge in [-0.15, -0.1) is 0 Å². The molecule has 0 aromatic carbocycles. The number of H-pyrrole nitrogens is 1. The lowest BCUT2D eigenvalue weighted by Crippen LogP contribution is -2.47. The summed E-state index contributed by atoms with van der Waals surface area (Å²) < 4.78 is 0. The summed E-state index contributed by atoms with van der Waals surface area (Å²) in [6.45, 7) is 9.16. The molecule has 1 amide bonds. The van der Waals surface area contributed by atoms with Crippen LogP contribution in [0.1, 0.15) is 42.6 Å². The van der Waals surface area contributed by atoms with Crippen LogP contribution in [0.3, 0.4) is 0 Å². The molecule has 0 radical (unpaired) electrons. The van der Waals surface area contributed by atoms with Gasteiger partial charge in [0.25, 0.3) is 0 Å². The van der Waals surface area contributed by atoms with Crippen LogP contribution in [0.2, 0.25) is 0 Å². The first-order chi connectivity index (χ1) is 12.1. The van der Waals surface area contributed by atoms with Gasteiger partial charge >= 0.3 is 0 Å². The van der Waals surface area contributed by atoms with Crippen LogP contribution >= 0.6 is 0 Å². The largest absolute Gasteiger partial charge is 0.396 e. The van der Waals surface area contributed by atoms with E-state index in [2.05, 4.69) is 15.1 Å². The number of piperidine rings is 1. The highest BCUT2D eigenvalue weighted by molar-refractivity contribution is 5.76. The molecule has 2 fully saturated rings. The molecule has 25 heavy (non-hydrogen) atoms. The third kappa shape index (κ3) is 4.61. The molecule has 0 aliphatic carbocycles. The quantitative estimate of drug-likeness (QED) is 0.817. The molecule has 140 valence electrons. The lowest BCUT2D eigenvalue weighted by molar-refractivity contribution is -0.134. The lowest BCUT2D eigenvalue weighted by atomic mass is 9.89. The van der Waals surface area contributed by atoms with Crippen LogP contribution in [-0.4, -0.2) is 70.3 Å². The zero-order chi connectivity index (χ0) is 17.8. The minimum Gasteiger partial charge on any atom is -0.396 e. The van der Waals surface area contributed by atoms with Gasteiger partial charge in [0.1, 0.15) is 0 Å². The average Bonchev–Trinajstić information content (AvgIpc) is 3.23. The molecular formula is C19H32N4O2. The summed E-state index contributed by atoms with van der Waals surface area (Å²) in [4.78, 5) is 17.3. The van der Waals surface area contributed by atoms with Gasteiger partial charge in [-0.05, 0) is 70.0 Å². The number of rotatable bonds is 6. The number of aromatic amines is 1. The number of nitrogens with zero attached hydrogens (tertiary/aromatic N) is 3.